The van der Waals surface area contributed by atoms with E-state index in [9.17, 15) is 17.6 Å². The Bertz CT molecular complexity index is 573. The molecule has 0 spiro atoms. The first-order valence-corrected chi connectivity index (χ1v) is 5.58. The van der Waals surface area contributed by atoms with Crippen LogP contribution < -0.4 is 5.73 Å². The summed E-state index contributed by atoms with van der Waals surface area (Å²) in [5.74, 6) is -0.432. The summed E-state index contributed by atoms with van der Waals surface area (Å²) in [6, 6.07) is 9.22. The van der Waals surface area contributed by atoms with E-state index < -0.39 is 17.6 Å². The lowest BCUT2D eigenvalue weighted by molar-refractivity contribution is -0.138. The second-order valence-corrected chi connectivity index (χ2v) is 4.08. The Morgan fingerprint density at radius 2 is 1.47 bits per heavy atom. The second kappa shape index (κ2) is 5.01. The quantitative estimate of drug-likeness (QED) is 0.820. The van der Waals surface area contributed by atoms with E-state index in [0.29, 0.717) is 11.1 Å². The second-order valence-electron chi connectivity index (χ2n) is 4.08. The molecule has 0 bridgehead atoms. The lowest BCUT2D eigenvalue weighted by Gasteiger charge is -2.13. The third kappa shape index (κ3) is 2.93. The highest BCUT2D eigenvalue weighted by Gasteiger charge is 2.33. The molecule has 19 heavy (non-hydrogen) atoms. The van der Waals surface area contributed by atoms with Crippen molar-refractivity contribution < 1.29 is 17.6 Å². The van der Waals surface area contributed by atoms with Crippen molar-refractivity contribution in [1.82, 2.24) is 0 Å². The van der Waals surface area contributed by atoms with Crippen LogP contribution in [0.2, 0.25) is 0 Å². The number of hydrogen-bond acceptors (Lipinski definition) is 1. The molecule has 100 valence electrons. The summed E-state index contributed by atoms with van der Waals surface area (Å²) in [5.41, 5.74) is 5.50. The number of rotatable bonds is 2. The van der Waals surface area contributed by atoms with Crippen molar-refractivity contribution in [2.24, 2.45) is 5.73 Å². The molecule has 0 aliphatic rings. The van der Waals surface area contributed by atoms with Gasteiger partial charge in [0.15, 0.2) is 0 Å². The van der Waals surface area contributed by atoms with Crippen LogP contribution in [-0.2, 0) is 12.7 Å². The Labute approximate surface area is 107 Å². The fourth-order valence-corrected chi connectivity index (χ4v) is 1.84. The van der Waals surface area contributed by atoms with Crippen molar-refractivity contribution in [3.63, 3.8) is 0 Å². The first-order chi connectivity index (χ1) is 8.91. The van der Waals surface area contributed by atoms with Gasteiger partial charge in [-0.2, -0.15) is 13.2 Å². The molecule has 2 rings (SSSR count). The van der Waals surface area contributed by atoms with Gasteiger partial charge in [0.1, 0.15) is 5.82 Å². The van der Waals surface area contributed by atoms with E-state index in [2.05, 4.69) is 0 Å². The van der Waals surface area contributed by atoms with Crippen molar-refractivity contribution in [2.75, 3.05) is 0 Å². The van der Waals surface area contributed by atoms with Gasteiger partial charge in [0.2, 0.25) is 0 Å². The van der Waals surface area contributed by atoms with Gasteiger partial charge >= 0.3 is 6.18 Å². The topological polar surface area (TPSA) is 26.0 Å². The summed E-state index contributed by atoms with van der Waals surface area (Å²) in [7, 11) is 0. The highest BCUT2D eigenvalue weighted by Crippen LogP contribution is 2.34. The Morgan fingerprint density at radius 3 is 2.00 bits per heavy atom. The molecule has 0 aromatic heterocycles. The monoisotopic (exact) mass is 269 g/mol. The normalized spacial score (nSPS) is 11.6. The van der Waals surface area contributed by atoms with Crippen molar-refractivity contribution in [3.05, 3.63) is 59.4 Å². The van der Waals surface area contributed by atoms with E-state index in [1.54, 1.807) is 6.07 Å². The molecular weight excluding hydrogens is 258 g/mol. The maximum absolute atomic E-state index is 12.9. The van der Waals surface area contributed by atoms with Crippen molar-refractivity contribution in [3.8, 4) is 11.1 Å². The SMILES string of the molecule is NCc1ccc(-c2ccc(F)cc2)cc1C(F)(F)F. The van der Waals surface area contributed by atoms with Crippen LogP contribution in [0.25, 0.3) is 11.1 Å². The van der Waals surface area contributed by atoms with Crippen LogP contribution >= 0.6 is 0 Å². The van der Waals surface area contributed by atoms with Crippen molar-refractivity contribution >= 4 is 0 Å². The molecule has 0 fully saturated rings. The third-order valence-corrected chi connectivity index (χ3v) is 2.81. The molecule has 0 saturated heterocycles. The zero-order valence-electron chi connectivity index (χ0n) is 9.84. The summed E-state index contributed by atoms with van der Waals surface area (Å²) in [6.07, 6.45) is -4.45. The van der Waals surface area contributed by atoms with Crippen molar-refractivity contribution in [2.45, 2.75) is 12.7 Å². The minimum atomic E-state index is -4.45. The van der Waals surface area contributed by atoms with Crippen LogP contribution in [0.3, 0.4) is 0 Å². The molecule has 0 aliphatic heterocycles. The van der Waals surface area contributed by atoms with Gasteiger partial charge in [-0.05, 0) is 34.9 Å². The van der Waals surface area contributed by atoms with Crippen LogP contribution in [0.15, 0.2) is 42.5 Å². The molecule has 5 heteroatoms. The van der Waals surface area contributed by atoms with E-state index in [1.165, 1.54) is 30.3 Å². The van der Waals surface area contributed by atoms with Crippen LogP contribution in [0.5, 0.6) is 0 Å². The van der Waals surface area contributed by atoms with Crippen LogP contribution in [0.1, 0.15) is 11.1 Å². The van der Waals surface area contributed by atoms with Crippen LogP contribution in [-0.4, -0.2) is 0 Å². The standard InChI is InChI=1S/C14H11F4N/c15-12-5-3-9(4-6-12)10-1-2-11(8-19)13(7-10)14(16,17)18/h1-7H,8,19H2. The van der Waals surface area contributed by atoms with Gasteiger partial charge in [-0.25, -0.2) is 4.39 Å². The van der Waals surface area contributed by atoms with Gasteiger partial charge in [0, 0.05) is 6.54 Å². The molecular formula is C14H11F4N. The molecule has 0 saturated carbocycles. The molecule has 0 aliphatic carbocycles. The molecule has 1 nitrogen and oxygen atoms in total. The summed E-state index contributed by atoms with van der Waals surface area (Å²) >= 11 is 0. The Hall–Kier alpha value is -1.88. The molecule has 0 heterocycles. The number of hydrogen-bond donors (Lipinski definition) is 1. The summed E-state index contributed by atoms with van der Waals surface area (Å²) in [4.78, 5) is 0. The molecule has 0 amide bonds. The Kier molecular flexibility index (Phi) is 3.57. The number of nitrogens with two attached hydrogens (primary N) is 1. The van der Waals surface area contributed by atoms with E-state index in [4.69, 9.17) is 5.73 Å². The fraction of sp³-hybridized carbons (Fsp3) is 0.143. The summed E-state index contributed by atoms with van der Waals surface area (Å²) < 4.78 is 51.4. The molecule has 2 aromatic rings. The molecule has 0 atom stereocenters. The smallest absolute Gasteiger partial charge is 0.326 e. The van der Waals surface area contributed by atoms with Gasteiger partial charge in [0.05, 0.1) is 5.56 Å². The van der Waals surface area contributed by atoms with Gasteiger partial charge in [-0.15, -0.1) is 0 Å². The Balaban J connectivity index is 2.52. The lowest BCUT2D eigenvalue weighted by Crippen LogP contribution is -2.12. The number of halogens is 4. The van der Waals surface area contributed by atoms with E-state index in [0.717, 1.165) is 6.07 Å². The maximum Gasteiger partial charge on any atom is 0.416 e. The number of alkyl halides is 3. The zero-order valence-corrected chi connectivity index (χ0v) is 9.84. The highest BCUT2D eigenvalue weighted by molar-refractivity contribution is 5.65. The molecule has 0 unspecified atom stereocenters. The predicted octanol–water partition coefficient (Wildman–Crippen LogP) is 3.97. The summed E-state index contributed by atoms with van der Waals surface area (Å²) in [6.45, 7) is -0.182. The maximum atomic E-state index is 12.9. The van der Waals surface area contributed by atoms with Gasteiger partial charge in [0.25, 0.3) is 0 Å². The fourth-order valence-electron chi connectivity index (χ4n) is 1.84. The minimum absolute atomic E-state index is 0.0401. The van der Waals surface area contributed by atoms with Crippen LogP contribution in [0, 0.1) is 5.82 Å². The molecule has 0 radical (unpaired) electrons. The largest absolute Gasteiger partial charge is 0.416 e. The number of benzene rings is 2. The Morgan fingerprint density at radius 1 is 0.895 bits per heavy atom. The van der Waals surface area contributed by atoms with Gasteiger partial charge < -0.3 is 5.73 Å². The van der Waals surface area contributed by atoms with E-state index in [-0.39, 0.29) is 12.1 Å². The lowest BCUT2D eigenvalue weighted by atomic mass is 9.99. The molecule has 2 N–H and O–H groups in total. The van der Waals surface area contributed by atoms with Crippen LogP contribution in [0.4, 0.5) is 17.6 Å². The van der Waals surface area contributed by atoms with Gasteiger partial charge in [-0.3, -0.25) is 0 Å². The third-order valence-electron chi connectivity index (χ3n) is 2.81. The van der Waals surface area contributed by atoms with Crippen molar-refractivity contribution in [1.29, 1.82) is 0 Å². The first-order valence-electron chi connectivity index (χ1n) is 5.58. The predicted molar refractivity (Wildman–Crippen MR) is 64.7 cm³/mol. The average Bonchev–Trinajstić information content (AvgIpc) is 2.38. The highest BCUT2D eigenvalue weighted by atomic mass is 19.4. The average molecular weight is 269 g/mol. The minimum Gasteiger partial charge on any atom is -0.326 e. The summed E-state index contributed by atoms with van der Waals surface area (Å²) in [5, 5.41) is 0. The first kappa shape index (κ1) is 13.5. The van der Waals surface area contributed by atoms with E-state index in [1.807, 2.05) is 0 Å². The molecule has 2 aromatic carbocycles. The van der Waals surface area contributed by atoms with E-state index >= 15 is 0 Å². The zero-order chi connectivity index (χ0) is 14.0. The van der Waals surface area contributed by atoms with Gasteiger partial charge in [-0.1, -0.05) is 24.3 Å².